The minimum Gasteiger partial charge on any atom is -0.433 e. The quantitative estimate of drug-likeness (QED) is 0.743. The topological polar surface area (TPSA) is 50.1 Å². The summed E-state index contributed by atoms with van der Waals surface area (Å²) in [4.78, 5) is 11.2. The second kappa shape index (κ2) is 4.71. The van der Waals surface area contributed by atoms with E-state index in [0.717, 1.165) is 0 Å². The number of nitrogens with zero attached hydrogens (tertiary/aromatic N) is 1. The molecule has 0 saturated heterocycles. The number of rotatable bonds is 3. The third kappa shape index (κ3) is 2.34. The Kier molecular flexibility index (Phi) is 3.56. The Hall–Kier alpha value is -1.96. The molecule has 16 heavy (non-hydrogen) atoms. The van der Waals surface area contributed by atoms with E-state index in [9.17, 15) is 13.6 Å². The molecule has 1 aromatic rings. The lowest BCUT2D eigenvalue weighted by molar-refractivity contribution is -0.0503. The summed E-state index contributed by atoms with van der Waals surface area (Å²) in [7, 11) is 0. The summed E-state index contributed by atoms with van der Waals surface area (Å²) >= 11 is 0. The van der Waals surface area contributed by atoms with E-state index < -0.39 is 12.4 Å². The zero-order valence-electron chi connectivity index (χ0n) is 8.75. The van der Waals surface area contributed by atoms with Crippen molar-refractivity contribution in [2.24, 2.45) is 0 Å². The van der Waals surface area contributed by atoms with Crippen molar-refractivity contribution < 1.29 is 18.3 Å². The first-order valence-electron chi connectivity index (χ1n) is 4.46. The van der Waals surface area contributed by atoms with Crippen molar-refractivity contribution in [3.63, 3.8) is 0 Å². The van der Waals surface area contributed by atoms with Gasteiger partial charge in [-0.1, -0.05) is 6.07 Å². The molecule has 0 aromatic heterocycles. The highest BCUT2D eigenvalue weighted by atomic mass is 19.3. The van der Waals surface area contributed by atoms with Crippen molar-refractivity contribution in [2.75, 3.05) is 0 Å². The highest BCUT2D eigenvalue weighted by Crippen LogP contribution is 2.28. The Morgan fingerprint density at radius 1 is 1.50 bits per heavy atom. The van der Waals surface area contributed by atoms with Crippen LogP contribution in [-0.2, 0) is 0 Å². The minimum atomic E-state index is -3.06. The van der Waals surface area contributed by atoms with Gasteiger partial charge in [0.05, 0.1) is 11.1 Å². The number of aryl methyl sites for hydroxylation is 1. The van der Waals surface area contributed by atoms with Gasteiger partial charge in [-0.3, -0.25) is 4.79 Å². The number of halogens is 2. The molecule has 1 rings (SSSR count). The van der Waals surface area contributed by atoms with E-state index in [1.165, 1.54) is 19.1 Å². The molecule has 0 unspecified atom stereocenters. The molecule has 84 valence electrons. The number of ether oxygens (including phenoxy) is 1. The molecule has 0 aliphatic heterocycles. The number of hydrogen-bond donors (Lipinski definition) is 0. The molecule has 0 spiro atoms. The van der Waals surface area contributed by atoms with E-state index in [-0.39, 0.29) is 16.9 Å². The van der Waals surface area contributed by atoms with E-state index in [4.69, 9.17) is 5.26 Å². The summed E-state index contributed by atoms with van der Waals surface area (Å²) in [5.74, 6) is -0.767. The maximum atomic E-state index is 12.2. The van der Waals surface area contributed by atoms with Crippen LogP contribution in [0.25, 0.3) is 0 Å². The summed E-state index contributed by atoms with van der Waals surface area (Å²) in [5.41, 5.74) is 0.443. The molecule has 0 radical (unpaired) electrons. The molecule has 0 saturated carbocycles. The number of hydrogen-bond acceptors (Lipinski definition) is 3. The number of benzene rings is 1. The van der Waals surface area contributed by atoms with Crippen LogP contribution in [0, 0.1) is 18.3 Å². The summed E-state index contributed by atoms with van der Waals surface area (Å²) in [5, 5.41) is 8.83. The Labute approximate surface area is 91.3 Å². The van der Waals surface area contributed by atoms with Gasteiger partial charge in [0.25, 0.3) is 0 Å². The molecule has 1 aromatic carbocycles. The fourth-order valence-corrected chi connectivity index (χ4v) is 1.31. The minimum absolute atomic E-state index is 0.0116. The van der Waals surface area contributed by atoms with E-state index in [1.807, 2.05) is 0 Å². The zero-order chi connectivity index (χ0) is 12.3. The molecule has 0 atom stereocenters. The van der Waals surface area contributed by atoms with Crippen LogP contribution in [0.1, 0.15) is 28.4 Å². The summed E-state index contributed by atoms with van der Waals surface area (Å²) in [6.45, 7) is -0.252. The number of ketones is 1. The second-order valence-electron chi connectivity index (χ2n) is 3.18. The monoisotopic (exact) mass is 225 g/mol. The van der Waals surface area contributed by atoms with Crippen molar-refractivity contribution in [3.05, 3.63) is 28.8 Å². The molecule has 0 aliphatic carbocycles. The molecule has 5 heteroatoms. The number of carbonyl (C=O) groups is 1. The average molecular weight is 225 g/mol. The first-order chi connectivity index (χ1) is 7.47. The molecule has 0 bridgehead atoms. The lowest BCUT2D eigenvalue weighted by atomic mass is 10.0. The van der Waals surface area contributed by atoms with Crippen molar-refractivity contribution in [3.8, 4) is 11.8 Å². The van der Waals surface area contributed by atoms with Crippen LogP contribution >= 0.6 is 0 Å². The first kappa shape index (κ1) is 12.1. The van der Waals surface area contributed by atoms with Gasteiger partial charge in [0.1, 0.15) is 6.07 Å². The maximum absolute atomic E-state index is 12.2. The molecule has 0 heterocycles. The molecule has 0 N–H and O–H groups in total. The molecule has 0 amide bonds. The van der Waals surface area contributed by atoms with Crippen LogP contribution in [0.4, 0.5) is 8.78 Å². The van der Waals surface area contributed by atoms with Crippen molar-refractivity contribution in [1.29, 1.82) is 5.26 Å². The van der Waals surface area contributed by atoms with Crippen molar-refractivity contribution in [2.45, 2.75) is 20.5 Å². The van der Waals surface area contributed by atoms with Crippen LogP contribution < -0.4 is 4.74 Å². The normalized spacial score (nSPS) is 10.0. The van der Waals surface area contributed by atoms with Crippen LogP contribution in [0.5, 0.6) is 5.75 Å². The lowest BCUT2D eigenvalue weighted by Gasteiger charge is -2.11. The van der Waals surface area contributed by atoms with Crippen LogP contribution in [0.3, 0.4) is 0 Å². The van der Waals surface area contributed by atoms with E-state index >= 15 is 0 Å². The SMILES string of the molecule is CC(=O)c1ccc(C)c(C#N)c1OC(F)F. The lowest BCUT2D eigenvalue weighted by Crippen LogP contribution is -2.09. The van der Waals surface area contributed by atoms with E-state index in [1.54, 1.807) is 13.0 Å². The molecular weight excluding hydrogens is 216 g/mol. The third-order valence-electron chi connectivity index (χ3n) is 2.06. The summed E-state index contributed by atoms with van der Waals surface area (Å²) < 4.78 is 28.6. The number of carbonyl (C=O) groups excluding carboxylic acids is 1. The van der Waals surface area contributed by atoms with Gasteiger partial charge >= 0.3 is 6.61 Å². The van der Waals surface area contributed by atoms with Crippen LogP contribution in [0.15, 0.2) is 12.1 Å². The predicted molar refractivity (Wildman–Crippen MR) is 52.5 cm³/mol. The standard InChI is InChI=1S/C11H9F2NO2/c1-6-3-4-8(7(2)15)10(9(6)5-14)16-11(12)13/h3-4,11H,1-2H3. The molecule has 0 fully saturated rings. The predicted octanol–water partition coefficient (Wildman–Crippen LogP) is 2.67. The summed E-state index contributed by atoms with van der Waals surface area (Å²) in [6, 6.07) is 4.65. The Bertz CT molecular complexity index is 464. The average Bonchev–Trinajstić information content (AvgIpc) is 2.16. The fraction of sp³-hybridized carbons (Fsp3) is 0.273. The van der Waals surface area contributed by atoms with Crippen LogP contribution in [-0.4, -0.2) is 12.4 Å². The van der Waals surface area contributed by atoms with Crippen molar-refractivity contribution >= 4 is 5.78 Å². The van der Waals surface area contributed by atoms with Gasteiger partial charge in [-0.25, -0.2) is 0 Å². The van der Waals surface area contributed by atoms with Gasteiger partial charge in [0.2, 0.25) is 0 Å². The third-order valence-corrected chi connectivity index (χ3v) is 2.06. The Balaban J connectivity index is 3.42. The van der Waals surface area contributed by atoms with E-state index in [2.05, 4.69) is 4.74 Å². The highest BCUT2D eigenvalue weighted by Gasteiger charge is 2.18. The van der Waals surface area contributed by atoms with E-state index in [0.29, 0.717) is 5.56 Å². The number of nitriles is 1. The van der Waals surface area contributed by atoms with Gasteiger partial charge in [-0.15, -0.1) is 0 Å². The zero-order valence-corrected chi connectivity index (χ0v) is 8.75. The van der Waals surface area contributed by atoms with Gasteiger partial charge < -0.3 is 4.74 Å². The van der Waals surface area contributed by atoms with Crippen molar-refractivity contribution in [1.82, 2.24) is 0 Å². The Morgan fingerprint density at radius 3 is 2.56 bits per heavy atom. The molecular formula is C11H9F2NO2. The number of alkyl halides is 2. The first-order valence-corrected chi connectivity index (χ1v) is 4.46. The van der Waals surface area contributed by atoms with Gasteiger partial charge in [0, 0.05) is 0 Å². The number of Topliss-reactive ketones (excluding diaryl/α,β-unsaturated/α-hetero) is 1. The maximum Gasteiger partial charge on any atom is 0.387 e. The van der Waals surface area contributed by atoms with Gasteiger partial charge in [0.15, 0.2) is 11.5 Å². The Morgan fingerprint density at radius 2 is 2.12 bits per heavy atom. The molecule has 0 aliphatic rings. The van der Waals surface area contributed by atoms with Crippen LogP contribution in [0.2, 0.25) is 0 Å². The molecule has 3 nitrogen and oxygen atoms in total. The fourth-order valence-electron chi connectivity index (χ4n) is 1.31. The highest BCUT2D eigenvalue weighted by molar-refractivity contribution is 5.97. The summed E-state index contributed by atoms with van der Waals surface area (Å²) in [6.07, 6.45) is 0. The van der Waals surface area contributed by atoms with Gasteiger partial charge in [-0.05, 0) is 25.5 Å². The smallest absolute Gasteiger partial charge is 0.387 e. The largest absolute Gasteiger partial charge is 0.433 e. The van der Waals surface area contributed by atoms with Gasteiger partial charge in [-0.2, -0.15) is 14.0 Å². The second-order valence-corrected chi connectivity index (χ2v) is 3.18.